The van der Waals surface area contributed by atoms with Crippen LogP contribution < -0.4 is 10.6 Å². The van der Waals surface area contributed by atoms with Crippen LogP contribution in [0.3, 0.4) is 0 Å². The summed E-state index contributed by atoms with van der Waals surface area (Å²) >= 11 is 0. The van der Waals surface area contributed by atoms with Crippen LogP contribution in [0.4, 0.5) is 0 Å². The summed E-state index contributed by atoms with van der Waals surface area (Å²) in [6.07, 6.45) is 1.80. The number of nitrogens with one attached hydrogen (secondary N) is 2. The molecule has 1 aromatic rings. The average molecular weight is 375 g/mol. The minimum absolute atomic E-state index is 0. The number of carbonyl (C=O) groups is 1. The molecule has 2 rings (SSSR count). The van der Waals surface area contributed by atoms with Crippen LogP contribution in [0.5, 0.6) is 0 Å². The molecule has 1 aliphatic rings. The van der Waals surface area contributed by atoms with E-state index in [2.05, 4.69) is 16.7 Å². The van der Waals surface area contributed by atoms with E-state index < -0.39 is 14.6 Å². The van der Waals surface area contributed by atoms with Gasteiger partial charge in [0.25, 0.3) is 0 Å². The van der Waals surface area contributed by atoms with Gasteiger partial charge in [-0.25, -0.2) is 8.42 Å². The first kappa shape index (κ1) is 20.9. The zero-order valence-corrected chi connectivity index (χ0v) is 16.3. The zero-order valence-electron chi connectivity index (χ0n) is 14.7. The summed E-state index contributed by atoms with van der Waals surface area (Å²) in [4.78, 5) is 12.8. The largest absolute Gasteiger partial charge is 0.348 e. The van der Waals surface area contributed by atoms with E-state index in [-0.39, 0.29) is 24.4 Å². The van der Waals surface area contributed by atoms with E-state index in [0.29, 0.717) is 25.9 Å². The van der Waals surface area contributed by atoms with E-state index in [1.165, 1.54) is 6.26 Å². The van der Waals surface area contributed by atoms with Crippen LogP contribution in [0.25, 0.3) is 0 Å². The number of hydrogen-bond acceptors (Lipinski definition) is 4. The summed E-state index contributed by atoms with van der Waals surface area (Å²) < 4.78 is 23.3. The average Bonchev–Trinajstić information content (AvgIpc) is 2.45. The van der Waals surface area contributed by atoms with Crippen molar-refractivity contribution in [1.29, 1.82) is 0 Å². The predicted octanol–water partition coefficient (Wildman–Crippen LogP) is 2.07. The number of rotatable bonds is 4. The summed E-state index contributed by atoms with van der Waals surface area (Å²) in [7, 11) is -3.48. The molecule has 0 aromatic heterocycles. The van der Waals surface area contributed by atoms with Crippen molar-refractivity contribution < 1.29 is 13.2 Å². The molecule has 0 spiro atoms. The maximum Gasteiger partial charge on any atom is 0.242 e. The lowest BCUT2D eigenvalue weighted by atomic mass is 9.94. The second-order valence-corrected chi connectivity index (χ2v) is 8.96. The Balaban J connectivity index is 0.00000288. The van der Waals surface area contributed by atoms with E-state index in [4.69, 9.17) is 0 Å². The predicted molar refractivity (Wildman–Crippen MR) is 99.4 cm³/mol. The molecular formula is C17H27ClN2O3S. The third-order valence-electron chi connectivity index (χ3n) is 4.63. The highest BCUT2D eigenvalue weighted by molar-refractivity contribution is 7.92. The van der Waals surface area contributed by atoms with Crippen molar-refractivity contribution in [3.63, 3.8) is 0 Å². The number of benzene rings is 1. The third-order valence-corrected chi connectivity index (χ3v) is 6.64. The van der Waals surface area contributed by atoms with Crippen molar-refractivity contribution in [1.82, 2.24) is 10.6 Å². The van der Waals surface area contributed by atoms with E-state index >= 15 is 0 Å². The molecule has 136 valence electrons. The molecule has 5 nitrogen and oxygen atoms in total. The Labute approximate surface area is 150 Å². The Morgan fingerprint density at radius 2 is 1.67 bits per heavy atom. The Morgan fingerprint density at radius 3 is 2.12 bits per heavy atom. The smallest absolute Gasteiger partial charge is 0.242 e. The van der Waals surface area contributed by atoms with Gasteiger partial charge in [-0.2, -0.15) is 0 Å². The van der Waals surface area contributed by atoms with Gasteiger partial charge in [0.05, 0.1) is 6.04 Å². The van der Waals surface area contributed by atoms with Crippen LogP contribution in [0.1, 0.15) is 42.5 Å². The van der Waals surface area contributed by atoms with E-state index in [1.807, 2.05) is 32.9 Å². The van der Waals surface area contributed by atoms with Gasteiger partial charge >= 0.3 is 0 Å². The SMILES string of the molecule is Cc1cc(C)cc(C(C)NC(=O)C2(S(C)(=O)=O)CCNCC2)c1.Cl. The number of sulfone groups is 1. The van der Waals surface area contributed by atoms with Gasteiger partial charge in [-0.15, -0.1) is 12.4 Å². The second-order valence-electron chi connectivity index (χ2n) is 6.63. The second kappa shape index (κ2) is 7.85. The minimum Gasteiger partial charge on any atom is -0.348 e. The molecule has 7 heteroatoms. The van der Waals surface area contributed by atoms with Crippen LogP contribution in [0, 0.1) is 13.8 Å². The summed E-state index contributed by atoms with van der Waals surface area (Å²) in [5.41, 5.74) is 3.25. The van der Waals surface area contributed by atoms with Crippen LogP contribution in [-0.2, 0) is 14.6 Å². The molecule has 1 saturated heterocycles. The van der Waals surface area contributed by atoms with Gasteiger partial charge in [0.1, 0.15) is 0 Å². The number of piperidine rings is 1. The van der Waals surface area contributed by atoms with Crippen LogP contribution >= 0.6 is 12.4 Å². The number of amides is 1. The summed E-state index contributed by atoms with van der Waals surface area (Å²) in [6, 6.07) is 5.89. The Morgan fingerprint density at radius 1 is 1.17 bits per heavy atom. The van der Waals surface area contributed by atoms with Crippen LogP contribution in [0.15, 0.2) is 18.2 Å². The first-order valence-corrected chi connectivity index (χ1v) is 9.84. The maximum atomic E-state index is 12.8. The lowest BCUT2D eigenvalue weighted by Crippen LogP contribution is -2.57. The molecule has 0 bridgehead atoms. The molecular weight excluding hydrogens is 348 g/mol. The van der Waals surface area contributed by atoms with Crippen molar-refractivity contribution in [3.05, 3.63) is 34.9 Å². The molecule has 0 radical (unpaired) electrons. The normalized spacial score (nSPS) is 18.3. The highest BCUT2D eigenvalue weighted by Crippen LogP contribution is 2.29. The fraction of sp³-hybridized carbons (Fsp3) is 0.588. The van der Waals surface area contributed by atoms with Crippen LogP contribution in [0.2, 0.25) is 0 Å². The van der Waals surface area contributed by atoms with E-state index in [0.717, 1.165) is 16.7 Å². The van der Waals surface area contributed by atoms with Crippen LogP contribution in [-0.4, -0.2) is 38.4 Å². The van der Waals surface area contributed by atoms with Gasteiger partial charge in [0.2, 0.25) is 5.91 Å². The quantitative estimate of drug-likeness (QED) is 0.845. The van der Waals surface area contributed by atoms with Gasteiger partial charge in [-0.05, 0) is 52.3 Å². The Bertz CT molecular complexity index is 678. The first-order valence-electron chi connectivity index (χ1n) is 7.95. The molecule has 1 heterocycles. The van der Waals surface area contributed by atoms with Gasteiger partial charge in [0, 0.05) is 6.26 Å². The lowest BCUT2D eigenvalue weighted by Gasteiger charge is -2.35. The zero-order chi connectivity index (χ0) is 17.3. The first-order chi connectivity index (χ1) is 10.7. The van der Waals surface area contributed by atoms with E-state index in [9.17, 15) is 13.2 Å². The molecule has 0 aliphatic carbocycles. The number of hydrogen-bond donors (Lipinski definition) is 2. The van der Waals surface area contributed by atoms with Crippen molar-refractivity contribution in [2.45, 2.75) is 44.4 Å². The molecule has 1 aliphatic heterocycles. The van der Waals surface area contributed by atoms with Gasteiger partial charge in [-0.3, -0.25) is 4.79 Å². The molecule has 1 aromatic carbocycles. The fourth-order valence-corrected chi connectivity index (χ4v) is 4.61. The number of carbonyl (C=O) groups excluding carboxylic acids is 1. The highest BCUT2D eigenvalue weighted by atomic mass is 35.5. The summed E-state index contributed by atoms with van der Waals surface area (Å²) in [6.45, 7) is 6.99. The molecule has 0 saturated carbocycles. The van der Waals surface area contributed by atoms with Gasteiger partial charge in [-0.1, -0.05) is 29.3 Å². The number of halogens is 1. The maximum absolute atomic E-state index is 12.8. The monoisotopic (exact) mass is 374 g/mol. The Hall–Kier alpha value is -1.11. The topological polar surface area (TPSA) is 75.3 Å². The fourth-order valence-electron chi connectivity index (χ4n) is 3.27. The van der Waals surface area contributed by atoms with Crippen molar-refractivity contribution in [2.75, 3.05) is 19.3 Å². The molecule has 24 heavy (non-hydrogen) atoms. The van der Waals surface area contributed by atoms with Gasteiger partial charge < -0.3 is 10.6 Å². The molecule has 1 fully saturated rings. The minimum atomic E-state index is -3.48. The van der Waals surface area contributed by atoms with Crippen molar-refractivity contribution >= 4 is 28.2 Å². The van der Waals surface area contributed by atoms with Crippen molar-refractivity contribution in [3.8, 4) is 0 Å². The molecule has 2 N–H and O–H groups in total. The molecule has 1 unspecified atom stereocenters. The Kier molecular flexibility index (Phi) is 6.84. The standard InChI is InChI=1S/C17H26N2O3S.ClH/c1-12-9-13(2)11-15(10-12)14(3)19-16(20)17(23(4,21)22)5-7-18-8-6-17;/h9-11,14,18H,5-8H2,1-4H3,(H,19,20);1H. The highest BCUT2D eigenvalue weighted by Gasteiger charge is 2.48. The van der Waals surface area contributed by atoms with Crippen molar-refractivity contribution in [2.24, 2.45) is 0 Å². The third kappa shape index (κ3) is 4.29. The summed E-state index contributed by atoms with van der Waals surface area (Å²) in [5.74, 6) is -0.381. The molecule has 1 amide bonds. The summed E-state index contributed by atoms with van der Waals surface area (Å²) in [5, 5.41) is 6.04. The number of aryl methyl sites for hydroxylation is 2. The lowest BCUT2D eigenvalue weighted by molar-refractivity contribution is -0.125. The molecule has 1 atom stereocenters. The van der Waals surface area contributed by atoms with Gasteiger partial charge in [0.15, 0.2) is 14.6 Å². The van der Waals surface area contributed by atoms with E-state index in [1.54, 1.807) is 0 Å².